The molecule has 0 spiro atoms. The van der Waals surface area contributed by atoms with Gasteiger partial charge in [-0.05, 0) is 24.4 Å². The van der Waals surface area contributed by atoms with Crippen LogP contribution in [0.1, 0.15) is 18.4 Å². The number of halogens is 8. The van der Waals surface area contributed by atoms with Gasteiger partial charge in [-0.2, -0.15) is 26.3 Å². The van der Waals surface area contributed by atoms with E-state index in [2.05, 4.69) is 0 Å². The molecule has 0 radical (unpaired) electrons. The molecule has 2 rings (SSSR count). The van der Waals surface area contributed by atoms with Crippen molar-refractivity contribution in [3.63, 3.8) is 0 Å². The molecule has 0 saturated carbocycles. The highest BCUT2D eigenvalue weighted by Gasteiger charge is 2.39. The largest absolute Gasteiger partial charge is 0.426 e. The Kier molecular flexibility index (Phi) is 6.94. The van der Waals surface area contributed by atoms with E-state index in [4.69, 9.17) is 33.6 Å². The minimum absolute atomic E-state index is 0.0333. The summed E-state index contributed by atoms with van der Waals surface area (Å²) in [5, 5.41) is -0.865. The molecule has 1 aliphatic rings. The van der Waals surface area contributed by atoms with Crippen molar-refractivity contribution in [1.82, 2.24) is 0 Å². The van der Waals surface area contributed by atoms with E-state index in [1.54, 1.807) is 0 Å². The third-order valence-electron chi connectivity index (χ3n) is 3.90. The van der Waals surface area contributed by atoms with Crippen LogP contribution in [0.3, 0.4) is 0 Å². The third-order valence-corrected chi connectivity index (χ3v) is 4.62. The number of benzene rings is 1. The highest BCUT2D eigenvalue weighted by atomic mass is 35.5. The Labute approximate surface area is 162 Å². The summed E-state index contributed by atoms with van der Waals surface area (Å²) in [5.74, 6) is 0. The topological polar surface area (TPSA) is 35.2 Å². The molecule has 11 heteroatoms. The fraction of sp³-hybridized carbons (Fsp3) is 0.375. The van der Waals surface area contributed by atoms with Crippen LogP contribution >= 0.6 is 23.2 Å². The van der Waals surface area contributed by atoms with Crippen LogP contribution in [0.2, 0.25) is 5.02 Å². The van der Waals surface area contributed by atoms with E-state index < -0.39 is 35.4 Å². The average molecular weight is 432 g/mol. The standard InChI is InChI=1S/C16H14BCl2F6NO/c18-13-3-1-9(7-11(13)15(20,21)22)17(27-6-5-26)10-2-4-14(19)12(8-10)16(23,24)25/h1,3,7-8H,2,4-6,26H2. The zero-order valence-corrected chi connectivity index (χ0v) is 15.2. The number of alkyl halides is 6. The van der Waals surface area contributed by atoms with Crippen molar-refractivity contribution >= 4 is 35.6 Å². The third kappa shape index (κ3) is 5.43. The van der Waals surface area contributed by atoms with Crippen molar-refractivity contribution in [1.29, 1.82) is 0 Å². The van der Waals surface area contributed by atoms with Gasteiger partial charge < -0.3 is 10.4 Å². The fourth-order valence-corrected chi connectivity index (χ4v) is 3.17. The van der Waals surface area contributed by atoms with Crippen LogP contribution in [0, 0.1) is 0 Å². The summed E-state index contributed by atoms with van der Waals surface area (Å²) in [7, 11) is 0. The van der Waals surface area contributed by atoms with Crippen LogP contribution in [0.5, 0.6) is 0 Å². The predicted molar refractivity (Wildman–Crippen MR) is 93.1 cm³/mol. The van der Waals surface area contributed by atoms with Gasteiger partial charge in [-0.1, -0.05) is 46.9 Å². The molecule has 0 heterocycles. The first kappa shape index (κ1) is 22.1. The van der Waals surface area contributed by atoms with Crippen LogP contribution < -0.4 is 11.2 Å². The van der Waals surface area contributed by atoms with E-state index >= 15 is 0 Å². The zero-order valence-electron chi connectivity index (χ0n) is 13.7. The summed E-state index contributed by atoms with van der Waals surface area (Å²) in [5.41, 5.74) is 3.44. The van der Waals surface area contributed by atoms with Gasteiger partial charge in [0, 0.05) is 18.2 Å². The molecule has 0 fully saturated rings. The van der Waals surface area contributed by atoms with Crippen molar-refractivity contribution < 1.29 is 31.0 Å². The van der Waals surface area contributed by atoms with Gasteiger partial charge in [0.2, 0.25) is 0 Å². The number of hydrogen-bond donors (Lipinski definition) is 1. The molecule has 0 aromatic heterocycles. The van der Waals surface area contributed by atoms with Gasteiger partial charge in [-0.15, -0.1) is 0 Å². The predicted octanol–water partition coefficient (Wildman–Crippen LogP) is 4.85. The molecule has 27 heavy (non-hydrogen) atoms. The van der Waals surface area contributed by atoms with Gasteiger partial charge in [0.15, 0.2) is 0 Å². The second-order valence-corrected chi connectivity index (χ2v) is 6.68. The molecule has 2 N–H and O–H groups in total. The molecule has 1 aliphatic carbocycles. The van der Waals surface area contributed by atoms with Crippen LogP contribution in [0.15, 0.2) is 40.4 Å². The summed E-state index contributed by atoms with van der Waals surface area (Å²) >= 11 is 11.3. The van der Waals surface area contributed by atoms with E-state index in [0.29, 0.717) is 0 Å². The van der Waals surface area contributed by atoms with E-state index in [0.717, 1.165) is 18.2 Å². The Balaban J connectivity index is 2.51. The van der Waals surface area contributed by atoms with Crippen LogP contribution in [0.25, 0.3) is 0 Å². The number of hydrogen-bond acceptors (Lipinski definition) is 2. The first-order valence-corrected chi connectivity index (χ1v) is 8.55. The highest BCUT2D eigenvalue weighted by Crippen LogP contribution is 2.38. The summed E-state index contributed by atoms with van der Waals surface area (Å²) in [6.45, 7) is -1.13. The van der Waals surface area contributed by atoms with Crippen molar-refractivity contribution in [2.24, 2.45) is 5.73 Å². The summed E-state index contributed by atoms with van der Waals surface area (Å²) in [4.78, 5) is 0. The molecular weight excluding hydrogens is 418 g/mol. The number of rotatable bonds is 5. The molecule has 1 aromatic rings. The lowest BCUT2D eigenvalue weighted by molar-refractivity contribution is -0.137. The summed E-state index contributed by atoms with van der Waals surface area (Å²) in [6.07, 6.45) is -8.55. The van der Waals surface area contributed by atoms with E-state index in [1.165, 1.54) is 6.07 Å². The quantitative estimate of drug-likeness (QED) is 0.534. The molecule has 0 atom stereocenters. The maximum Gasteiger partial charge on any atom is 0.417 e. The minimum atomic E-state index is -4.72. The van der Waals surface area contributed by atoms with Crippen molar-refractivity contribution in [3.05, 3.63) is 50.9 Å². The molecule has 2 nitrogen and oxygen atoms in total. The maximum absolute atomic E-state index is 13.1. The number of allylic oxidation sites excluding steroid dienone is 4. The molecule has 0 unspecified atom stereocenters. The van der Waals surface area contributed by atoms with Gasteiger partial charge >= 0.3 is 19.3 Å². The van der Waals surface area contributed by atoms with Gasteiger partial charge in [-0.3, -0.25) is 0 Å². The molecule has 0 aliphatic heterocycles. The van der Waals surface area contributed by atoms with Gasteiger partial charge in [0.1, 0.15) is 0 Å². The second-order valence-electron chi connectivity index (χ2n) is 5.81. The maximum atomic E-state index is 13.1. The first-order chi connectivity index (χ1) is 12.4. The van der Waals surface area contributed by atoms with E-state index in [9.17, 15) is 26.3 Å². The van der Waals surface area contributed by atoms with E-state index in [-0.39, 0.29) is 42.0 Å². The number of nitrogens with two attached hydrogens (primary N) is 1. The molecular formula is C16H14BCl2F6NO. The summed E-state index contributed by atoms with van der Waals surface area (Å²) < 4.78 is 84.3. The van der Waals surface area contributed by atoms with Gasteiger partial charge in [0.25, 0.3) is 0 Å². The zero-order chi connectivity index (χ0) is 20.4. The Morgan fingerprint density at radius 3 is 2.26 bits per heavy atom. The minimum Gasteiger partial charge on any atom is -0.426 e. The molecule has 0 bridgehead atoms. The summed E-state index contributed by atoms with van der Waals surface area (Å²) in [6, 6.07) is 3.10. The molecule has 0 saturated heterocycles. The average Bonchev–Trinajstić information content (AvgIpc) is 2.55. The first-order valence-electron chi connectivity index (χ1n) is 7.79. The van der Waals surface area contributed by atoms with Gasteiger partial charge in [0.05, 0.1) is 16.2 Å². The van der Waals surface area contributed by atoms with Crippen molar-refractivity contribution in [2.45, 2.75) is 25.2 Å². The Morgan fingerprint density at radius 2 is 1.70 bits per heavy atom. The molecule has 1 aromatic carbocycles. The van der Waals surface area contributed by atoms with Crippen LogP contribution in [-0.4, -0.2) is 26.2 Å². The normalized spacial score (nSPS) is 15.8. The van der Waals surface area contributed by atoms with Crippen LogP contribution in [-0.2, 0) is 10.8 Å². The highest BCUT2D eigenvalue weighted by molar-refractivity contribution is 6.74. The molecule has 148 valence electrons. The fourth-order valence-electron chi connectivity index (χ4n) is 2.69. The van der Waals surface area contributed by atoms with E-state index in [1.807, 2.05) is 0 Å². The second kappa shape index (κ2) is 8.47. The monoisotopic (exact) mass is 431 g/mol. The van der Waals surface area contributed by atoms with Crippen LogP contribution in [0.4, 0.5) is 26.3 Å². The SMILES string of the molecule is NCCOB(C1=CC(C(F)(F)F)=C(Cl)CC1)c1ccc(Cl)c(C(F)(F)F)c1. The smallest absolute Gasteiger partial charge is 0.417 e. The Hall–Kier alpha value is -1.16. The Morgan fingerprint density at radius 1 is 1.04 bits per heavy atom. The lowest BCUT2D eigenvalue weighted by Gasteiger charge is -2.24. The molecule has 0 amide bonds. The lowest BCUT2D eigenvalue weighted by Crippen LogP contribution is -2.39. The Bertz CT molecular complexity index is 760. The van der Waals surface area contributed by atoms with Crippen molar-refractivity contribution in [2.75, 3.05) is 13.2 Å². The lowest BCUT2D eigenvalue weighted by atomic mass is 9.52. The van der Waals surface area contributed by atoms with Gasteiger partial charge in [-0.25, -0.2) is 0 Å². The van der Waals surface area contributed by atoms with Crippen molar-refractivity contribution in [3.8, 4) is 0 Å².